The van der Waals surface area contributed by atoms with Gasteiger partial charge in [0.2, 0.25) is 0 Å². The molecule has 0 radical (unpaired) electrons. The Morgan fingerprint density at radius 1 is 0.966 bits per heavy atom. The number of rotatable bonds is 4. The summed E-state index contributed by atoms with van der Waals surface area (Å²) in [5, 5.41) is 14.7. The van der Waals surface area contributed by atoms with Gasteiger partial charge in [0.15, 0.2) is 0 Å². The molecule has 0 spiro atoms. The SMILES string of the molecule is Cc1ccccc1NC(=O)/C(C#N)=C\c1cccn1-c1ccc2ccccc2c1. The normalized spacial score (nSPS) is 11.2. The van der Waals surface area contributed by atoms with Crippen LogP contribution in [0.5, 0.6) is 0 Å². The van der Waals surface area contributed by atoms with E-state index in [-0.39, 0.29) is 5.57 Å². The molecule has 1 heterocycles. The number of para-hydroxylation sites is 1. The summed E-state index contributed by atoms with van der Waals surface area (Å²) in [6.07, 6.45) is 3.53. The van der Waals surface area contributed by atoms with Crippen molar-refractivity contribution in [3.63, 3.8) is 0 Å². The Kier molecular flexibility index (Phi) is 4.96. The number of carbonyl (C=O) groups is 1. The fourth-order valence-electron chi connectivity index (χ4n) is 3.27. The molecule has 0 unspecified atom stereocenters. The number of benzene rings is 3. The summed E-state index contributed by atoms with van der Waals surface area (Å²) < 4.78 is 1.96. The third-order valence-corrected chi connectivity index (χ3v) is 4.84. The molecule has 0 saturated heterocycles. The molecule has 1 N–H and O–H groups in total. The minimum Gasteiger partial charge on any atom is -0.321 e. The number of amides is 1. The quantitative estimate of drug-likeness (QED) is 0.378. The number of fused-ring (bicyclic) bond motifs is 1. The van der Waals surface area contributed by atoms with E-state index in [1.807, 2.05) is 78.4 Å². The van der Waals surface area contributed by atoms with Gasteiger partial charge in [-0.3, -0.25) is 4.79 Å². The molecule has 29 heavy (non-hydrogen) atoms. The first-order valence-corrected chi connectivity index (χ1v) is 9.31. The maximum Gasteiger partial charge on any atom is 0.266 e. The average molecular weight is 377 g/mol. The minimum absolute atomic E-state index is 0.0500. The van der Waals surface area contributed by atoms with Gasteiger partial charge in [-0.15, -0.1) is 0 Å². The number of aryl methyl sites for hydroxylation is 1. The Hall–Kier alpha value is -4.10. The molecule has 1 amide bonds. The minimum atomic E-state index is -0.423. The highest BCUT2D eigenvalue weighted by molar-refractivity contribution is 6.09. The molecular formula is C25H19N3O. The predicted molar refractivity (Wildman–Crippen MR) is 117 cm³/mol. The molecule has 4 aromatic rings. The molecule has 4 nitrogen and oxygen atoms in total. The lowest BCUT2D eigenvalue weighted by Gasteiger charge is -2.10. The van der Waals surface area contributed by atoms with Gasteiger partial charge >= 0.3 is 0 Å². The fraction of sp³-hybridized carbons (Fsp3) is 0.0400. The number of aromatic nitrogens is 1. The topological polar surface area (TPSA) is 57.8 Å². The van der Waals surface area contributed by atoms with E-state index in [0.29, 0.717) is 5.69 Å². The molecule has 4 rings (SSSR count). The van der Waals surface area contributed by atoms with Crippen molar-refractivity contribution in [2.45, 2.75) is 6.92 Å². The largest absolute Gasteiger partial charge is 0.321 e. The van der Waals surface area contributed by atoms with Crippen molar-refractivity contribution in [3.05, 3.63) is 102 Å². The van der Waals surface area contributed by atoms with Crippen molar-refractivity contribution in [3.8, 4) is 11.8 Å². The molecule has 3 aromatic carbocycles. The summed E-state index contributed by atoms with van der Waals surface area (Å²) in [4.78, 5) is 12.6. The Balaban J connectivity index is 1.67. The fourth-order valence-corrected chi connectivity index (χ4v) is 3.27. The second kappa shape index (κ2) is 7.87. The van der Waals surface area contributed by atoms with Gasteiger partial charge in [0.05, 0.1) is 0 Å². The Morgan fingerprint density at radius 3 is 2.52 bits per heavy atom. The van der Waals surface area contributed by atoms with Crippen LogP contribution in [0.15, 0.2) is 90.6 Å². The number of carbonyl (C=O) groups excluding carboxylic acids is 1. The molecule has 0 atom stereocenters. The van der Waals surface area contributed by atoms with E-state index in [1.165, 1.54) is 0 Å². The number of nitriles is 1. The van der Waals surface area contributed by atoms with Gasteiger partial charge in [0.1, 0.15) is 11.6 Å². The highest BCUT2D eigenvalue weighted by Gasteiger charge is 2.12. The zero-order valence-corrected chi connectivity index (χ0v) is 16.0. The molecule has 4 heteroatoms. The number of hydrogen-bond donors (Lipinski definition) is 1. The lowest BCUT2D eigenvalue weighted by Crippen LogP contribution is -2.14. The molecule has 0 aliphatic heterocycles. The first-order valence-electron chi connectivity index (χ1n) is 9.31. The van der Waals surface area contributed by atoms with E-state index in [2.05, 4.69) is 29.6 Å². The third-order valence-electron chi connectivity index (χ3n) is 4.84. The standard InChI is InChI=1S/C25H19N3O/c1-18-7-2-5-11-24(18)27-25(29)21(17-26)16-22-10-6-14-28(22)23-13-12-19-8-3-4-9-20(19)15-23/h2-16H,1H3,(H,27,29)/b21-16-. The molecule has 0 aliphatic rings. The van der Waals surface area contributed by atoms with E-state index >= 15 is 0 Å². The zero-order valence-electron chi connectivity index (χ0n) is 16.0. The predicted octanol–water partition coefficient (Wildman–Crippen LogP) is 5.48. The maximum absolute atomic E-state index is 12.6. The summed E-state index contributed by atoms with van der Waals surface area (Å²) in [5.41, 5.74) is 3.42. The van der Waals surface area contributed by atoms with Gasteiger partial charge < -0.3 is 9.88 Å². The van der Waals surface area contributed by atoms with Gasteiger partial charge in [-0.1, -0.05) is 48.5 Å². The van der Waals surface area contributed by atoms with Crippen LogP contribution < -0.4 is 5.32 Å². The summed E-state index contributed by atoms with van der Waals surface area (Å²) in [6, 6.07) is 27.6. The summed E-state index contributed by atoms with van der Waals surface area (Å²) in [5.74, 6) is -0.423. The van der Waals surface area contributed by atoms with E-state index < -0.39 is 5.91 Å². The lowest BCUT2D eigenvalue weighted by molar-refractivity contribution is -0.112. The number of hydrogen-bond acceptors (Lipinski definition) is 2. The van der Waals surface area contributed by atoms with Crippen LogP contribution in [0.2, 0.25) is 0 Å². The molecule has 0 saturated carbocycles. The molecule has 0 fully saturated rings. The molecule has 1 aromatic heterocycles. The summed E-state index contributed by atoms with van der Waals surface area (Å²) >= 11 is 0. The van der Waals surface area contributed by atoms with Gasteiger partial charge in [-0.05, 0) is 59.7 Å². The van der Waals surface area contributed by atoms with Crippen LogP contribution in [0.25, 0.3) is 22.5 Å². The van der Waals surface area contributed by atoms with Crippen LogP contribution >= 0.6 is 0 Å². The number of nitrogens with zero attached hydrogens (tertiary/aromatic N) is 2. The second-order valence-corrected chi connectivity index (χ2v) is 6.77. The van der Waals surface area contributed by atoms with Crippen LogP contribution in [0.1, 0.15) is 11.3 Å². The zero-order chi connectivity index (χ0) is 20.2. The van der Waals surface area contributed by atoms with Crippen LogP contribution in [-0.4, -0.2) is 10.5 Å². The Bertz CT molecular complexity index is 1270. The first-order chi connectivity index (χ1) is 14.2. The first kappa shape index (κ1) is 18.3. The lowest BCUT2D eigenvalue weighted by atomic mass is 10.1. The Labute approximate surface area is 169 Å². The van der Waals surface area contributed by atoms with E-state index in [4.69, 9.17) is 0 Å². The second-order valence-electron chi connectivity index (χ2n) is 6.77. The smallest absolute Gasteiger partial charge is 0.266 e. The molecular weight excluding hydrogens is 358 g/mol. The van der Waals surface area contributed by atoms with Crippen molar-refractivity contribution >= 4 is 28.4 Å². The van der Waals surface area contributed by atoms with E-state index in [1.54, 1.807) is 6.08 Å². The average Bonchev–Trinajstić information content (AvgIpc) is 3.21. The highest BCUT2D eigenvalue weighted by Crippen LogP contribution is 2.22. The third kappa shape index (κ3) is 3.80. The van der Waals surface area contributed by atoms with Crippen LogP contribution in [0.4, 0.5) is 5.69 Å². The molecule has 0 aliphatic carbocycles. The van der Waals surface area contributed by atoms with Crippen molar-refractivity contribution in [2.24, 2.45) is 0 Å². The monoisotopic (exact) mass is 377 g/mol. The van der Waals surface area contributed by atoms with Gasteiger partial charge in [0, 0.05) is 23.3 Å². The number of nitrogens with one attached hydrogen (secondary N) is 1. The van der Waals surface area contributed by atoms with Crippen LogP contribution in [0, 0.1) is 18.3 Å². The van der Waals surface area contributed by atoms with Crippen molar-refractivity contribution in [1.82, 2.24) is 4.57 Å². The van der Waals surface area contributed by atoms with Crippen molar-refractivity contribution in [1.29, 1.82) is 5.26 Å². The van der Waals surface area contributed by atoms with Crippen molar-refractivity contribution < 1.29 is 4.79 Å². The molecule has 140 valence electrons. The van der Waals surface area contributed by atoms with Crippen LogP contribution in [-0.2, 0) is 4.79 Å². The summed E-state index contributed by atoms with van der Waals surface area (Å²) in [6.45, 7) is 1.91. The Morgan fingerprint density at radius 2 is 1.72 bits per heavy atom. The summed E-state index contributed by atoms with van der Waals surface area (Å²) in [7, 11) is 0. The van der Waals surface area contributed by atoms with E-state index in [0.717, 1.165) is 27.7 Å². The highest BCUT2D eigenvalue weighted by atomic mass is 16.1. The van der Waals surface area contributed by atoms with Crippen LogP contribution in [0.3, 0.4) is 0 Å². The van der Waals surface area contributed by atoms with E-state index in [9.17, 15) is 10.1 Å². The van der Waals surface area contributed by atoms with Gasteiger partial charge in [-0.25, -0.2) is 0 Å². The van der Waals surface area contributed by atoms with Gasteiger partial charge in [-0.2, -0.15) is 5.26 Å². The molecule has 0 bridgehead atoms. The number of anilines is 1. The van der Waals surface area contributed by atoms with Crippen molar-refractivity contribution in [2.75, 3.05) is 5.32 Å². The maximum atomic E-state index is 12.6. The van der Waals surface area contributed by atoms with Gasteiger partial charge in [0.25, 0.3) is 5.91 Å².